The van der Waals surface area contributed by atoms with Gasteiger partial charge in [-0.25, -0.2) is 9.78 Å². The fourth-order valence-electron chi connectivity index (χ4n) is 2.27. The molecule has 0 atom stereocenters. The summed E-state index contributed by atoms with van der Waals surface area (Å²) in [6.45, 7) is 1.50. The second kappa shape index (κ2) is 8.44. The Bertz CT molecular complexity index is 1010. The van der Waals surface area contributed by atoms with Gasteiger partial charge in [0.1, 0.15) is 4.92 Å². The molecule has 3 aromatic rings. The van der Waals surface area contributed by atoms with E-state index in [1.54, 1.807) is 0 Å². The lowest BCUT2D eigenvalue weighted by atomic mass is 10.1. The van der Waals surface area contributed by atoms with E-state index in [1.807, 2.05) is 29.6 Å². The highest BCUT2D eigenvalue weighted by molar-refractivity contribution is 7.14. The second-order valence-electron chi connectivity index (χ2n) is 5.61. The fourth-order valence-corrected chi connectivity index (χ4v) is 3.00. The summed E-state index contributed by atoms with van der Waals surface area (Å²) in [5.74, 6) is -2.50. The molecule has 0 spiro atoms. The number of nitrogens with zero attached hydrogens (tertiary/aromatic N) is 2. The number of carbonyl (C=O) groups excluding carboxylic acids is 2. The second-order valence-corrected chi connectivity index (χ2v) is 6.47. The first-order chi connectivity index (χ1) is 13.5. The molecule has 144 valence electrons. The average Bonchev–Trinajstić information content (AvgIpc) is 3.36. The average molecular weight is 401 g/mol. The van der Waals surface area contributed by atoms with Crippen LogP contribution in [0.1, 0.15) is 23.0 Å². The minimum Gasteiger partial charge on any atom is -0.450 e. The van der Waals surface area contributed by atoms with Crippen molar-refractivity contribution in [2.24, 2.45) is 0 Å². The van der Waals surface area contributed by atoms with Gasteiger partial charge in [-0.1, -0.05) is 31.2 Å². The molecule has 0 aliphatic carbocycles. The Morgan fingerprint density at radius 1 is 1.25 bits per heavy atom. The molecule has 0 bridgehead atoms. The standard InChI is InChI=1S/C18H15N3O6S/c1-2-11-3-5-12(6-4-11)13-10-28-18(19-13)20-15(22)9-26-17(23)14-7-8-16(27-14)21(24)25/h3-8,10H,2,9H2,1H3,(H,19,20,22). The number of aryl methyl sites for hydroxylation is 1. The normalized spacial score (nSPS) is 10.5. The number of hydrogen-bond donors (Lipinski definition) is 1. The maximum absolute atomic E-state index is 11.9. The number of esters is 1. The van der Waals surface area contributed by atoms with E-state index >= 15 is 0 Å². The van der Waals surface area contributed by atoms with Crippen LogP contribution in [-0.4, -0.2) is 28.4 Å². The summed E-state index contributed by atoms with van der Waals surface area (Å²) in [4.78, 5) is 37.8. The Labute approximate surface area is 163 Å². The monoisotopic (exact) mass is 401 g/mol. The largest absolute Gasteiger partial charge is 0.450 e. The van der Waals surface area contributed by atoms with Crippen molar-refractivity contribution in [2.45, 2.75) is 13.3 Å². The first-order valence-corrected chi connectivity index (χ1v) is 9.10. The summed E-state index contributed by atoms with van der Waals surface area (Å²) in [5.41, 5.74) is 2.87. The lowest BCUT2D eigenvalue weighted by Gasteiger charge is -2.03. The highest BCUT2D eigenvalue weighted by atomic mass is 32.1. The summed E-state index contributed by atoms with van der Waals surface area (Å²) in [6, 6.07) is 10.1. The molecule has 0 unspecified atom stereocenters. The molecule has 10 heteroatoms. The van der Waals surface area contributed by atoms with Gasteiger partial charge >= 0.3 is 11.9 Å². The molecule has 0 radical (unpaired) electrons. The van der Waals surface area contributed by atoms with Gasteiger partial charge in [0.05, 0.1) is 11.8 Å². The van der Waals surface area contributed by atoms with Crippen LogP contribution >= 0.6 is 11.3 Å². The number of nitro groups is 1. The van der Waals surface area contributed by atoms with Crippen molar-refractivity contribution in [2.75, 3.05) is 11.9 Å². The highest BCUT2D eigenvalue weighted by Gasteiger charge is 2.19. The van der Waals surface area contributed by atoms with Gasteiger partial charge in [0.2, 0.25) is 5.76 Å². The summed E-state index contributed by atoms with van der Waals surface area (Å²) in [7, 11) is 0. The number of carbonyl (C=O) groups is 2. The number of nitrogens with one attached hydrogen (secondary N) is 1. The topological polar surface area (TPSA) is 125 Å². The molecule has 1 N–H and O–H groups in total. The number of thiazole rings is 1. The number of furan rings is 1. The first kappa shape index (κ1) is 19.2. The van der Waals surface area contributed by atoms with Crippen LogP contribution in [0.4, 0.5) is 11.0 Å². The van der Waals surface area contributed by atoms with Crippen LogP contribution in [0.5, 0.6) is 0 Å². The number of anilines is 1. The summed E-state index contributed by atoms with van der Waals surface area (Å²) < 4.78 is 9.49. The molecule has 3 rings (SSSR count). The third-order valence-corrected chi connectivity index (χ3v) is 4.47. The van der Waals surface area contributed by atoms with Crippen LogP contribution in [0.15, 0.2) is 46.2 Å². The van der Waals surface area contributed by atoms with Crippen LogP contribution < -0.4 is 5.32 Å². The van der Waals surface area contributed by atoms with E-state index < -0.39 is 29.3 Å². The molecular formula is C18H15N3O6S. The summed E-state index contributed by atoms with van der Waals surface area (Å²) in [6.07, 6.45) is 0.947. The number of aromatic nitrogens is 1. The third-order valence-electron chi connectivity index (χ3n) is 3.72. The molecular weight excluding hydrogens is 386 g/mol. The van der Waals surface area contributed by atoms with E-state index in [9.17, 15) is 19.7 Å². The van der Waals surface area contributed by atoms with Crippen LogP contribution in [0.3, 0.4) is 0 Å². The molecule has 2 aromatic heterocycles. The van der Waals surface area contributed by atoms with Crippen molar-refractivity contribution in [3.8, 4) is 11.3 Å². The van der Waals surface area contributed by atoms with Gasteiger partial charge in [0, 0.05) is 10.9 Å². The van der Waals surface area contributed by atoms with Gasteiger partial charge in [-0.05, 0) is 18.1 Å². The molecule has 0 aliphatic heterocycles. The first-order valence-electron chi connectivity index (χ1n) is 8.22. The number of amides is 1. The number of hydrogen-bond acceptors (Lipinski definition) is 8. The van der Waals surface area contributed by atoms with E-state index in [0.717, 1.165) is 29.8 Å². The Balaban J connectivity index is 1.54. The lowest BCUT2D eigenvalue weighted by Crippen LogP contribution is -2.20. The molecule has 0 saturated carbocycles. The maximum Gasteiger partial charge on any atom is 0.433 e. The number of rotatable bonds is 7. The summed E-state index contributed by atoms with van der Waals surface area (Å²) in [5, 5.41) is 15.2. The van der Waals surface area contributed by atoms with Crippen molar-refractivity contribution in [3.63, 3.8) is 0 Å². The van der Waals surface area contributed by atoms with Gasteiger partial charge in [-0.2, -0.15) is 0 Å². The van der Waals surface area contributed by atoms with E-state index in [4.69, 9.17) is 9.15 Å². The zero-order valence-electron chi connectivity index (χ0n) is 14.7. The fraction of sp³-hybridized carbons (Fsp3) is 0.167. The molecule has 0 fully saturated rings. The predicted molar refractivity (Wildman–Crippen MR) is 101 cm³/mol. The smallest absolute Gasteiger partial charge is 0.433 e. The van der Waals surface area contributed by atoms with Gasteiger partial charge in [-0.15, -0.1) is 11.3 Å². The molecule has 9 nitrogen and oxygen atoms in total. The Morgan fingerprint density at radius 3 is 2.64 bits per heavy atom. The zero-order valence-corrected chi connectivity index (χ0v) is 15.5. The van der Waals surface area contributed by atoms with E-state index in [2.05, 4.69) is 17.2 Å². The molecule has 0 aliphatic rings. The molecule has 1 aromatic carbocycles. The van der Waals surface area contributed by atoms with Crippen LogP contribution in [0.25, 0.3) is 11.3 Å². The zero-order chi connectivity index (χ0) is 20.1. The predicted octanol–water partition coefficient (Wildman–Crippen LogP) is 3.67. The van der Waals surface area contributed by atoms with Crippen molar-refractivity contribution in [1.29, 1.82) is 0 Å². The van der Waals surface area contributed by atoms with Gasteiger partial charge in [-0.3, -0.25) is 20.2 Å². The molecule has 28 heavy (non-hydrogen) atoms. The van der Waals surface area contributed by atoms with Gasteiger partial charge < -0.3 is 9.15 Å². The minimum absolute atomic E-state index is 0.355. The van der Waals surface area contributed by atoms with Crippen LogP contribution in [0, 0.1) is 10.1 Å². The molecule has 1 amide bonds. The van der Waals surface area contributed by atoms with Gasteiger partial charge in [0.25, 0.3) is 5.91 Å². The SMILES string of the molecule is CCc1ccc(-c2csc(NC(=O)COC(=O)c3ccc([N+](=O)[O-])o3)n2)cc1. The minimum atomic E-state index is -0.973. The summed E-state index contributed by atoms with van der Waals surface area (Å²) >= 11 is 1.24. The van der Waals surface area contributed by atoms with E-state index in [-0.39, 0.29) is 5.76 Å². The Hall–Kier alpha value is -3.53. The molecule has 0 saturated heterocycles. The van der Waals surface area contributed by atoms with Crippen molar-refractivity contribution < 1.29 is 23.7 Å². The highest BCUT2D eigenvalue weighted by Crippen LogP contribution is 2.25. The maximum atomic E-state index is 11.9. The number of benzene rings is 1. The molecule has 2 heterocycles. The number of ether oxygens (including phenoxy) is 1. The van der Waals surface area contributed by atoms with Crippen molar-refractivity contribution in [1.82, 2.24) is 4.98 Å². The van der Waals surface area contributed by atoms with Crippen molar-refractivity contribution in [3.05, 3.63) is 63.2 Å². The Kier molecular flexibility index (Phi) is 5.80. The lowest BCUT2D eigenvalue weighted by molar-refractivity contribution is -0.402. The van der Waals surface area contributed by atoms with Gasteiger partial charge in [0.15, 0.2) is 11.7 Å². The van der Waals surface area contributed by atoms with Crippen molar-refractivity contribution >= 4 is 34.2 Å². The third kappa shape index (κ3) is 4.60. The Morgan fingerprint density at radius 2 is 2.00 bits per heavy atom. The quantitative estimate of drug-likeness (QED) is 0.364. The van der Waals surface area contributed by atoms with E-state index in [1.165, 1.54) is 16.9 Å². The van der Waals surface area contributed by atoms with E-state index in [0.29, 0.717) is 5.13 Å². The van der Waals surface area contributed by atoms with Crippen LogP contribution in [0.2, 0.25) is 0 Å². The van der Waals surface area contributed by atoms with Crippen LogP contribution in [-0.2, 0) is 16.0 Å².